The zero-order chi connectivity index (χ0) is 22.0. The van der Waals surface area contributed by atoms with Crippen LogP contribution in [0.25, 0.3) is 11.0 Å². The molecule has 1 N–H and O–H groups in total. The minimum absolute atomic E-state index is 0.117. The highest BCUT2D eigenvalue weighted by molar-refractivity contribution is 7.92. The van der Waals surface area contributed by atoms with Gasteiger partial charge in [-0.05, 0) is 55.8 Å². The summed E-state index contributed by atoms with van der Waals surface area (Å²) >= 11 is 0. The molecule has 0 bridgehead atoms. The Kier molecular flexibility index (Phi) is 5.75. The van der Waals surface area contributed by atoms with Crippen LogP contribution in [0.2, 0.25) is 0 Å². The highest BCUT2D eigenvalue weighted by Crippen LogP contribution is 2.25. The first-order chi connectivity index (χ1) is 14.8. The van der Waals surface area contributed by atoms with Crippen LogP contribution in [0.4, 0.5) is 5.69 Å². The summed E-state index contributed by atoms with van der Waals surface area (Å²) in [4.78, 5) is 0.179. The smallest absolute Gasteiger partial charge is 0.264 e. The van der Waals surface area contributed by atoms with Gasteiger partial charge in [-0.25, -0.2) is 13.1 Å². The number of nitrogens with zero attached hydrogens (tertiary/aromatic N) is 4. The molecule has 0 radical (unpaired) electrons. The lowest BCUT2D eigenvalue weighted by Crippen LogP contribution is -2.39. The zero-order valence-corrected chi connectivity index (χ0v) is 18.2. The number of benzene rings is 3. The van der Waals surface area contributed by atoms with Crippen molar-refractivity contribution >= 4 is 26.7 Å². The largest absolute Gasteiger partial charge is 0.389 e. The number of rotatable bonds is 7. The number of hydrogen-bond donors (Lipinski definition) is 1. The predicted molar refractivity (Wildman–Crippen MR) is 120 cm³/mol. The molecule has 4 rings (SSSR count). The van der Waals surface area contributed by atoms with Crippen LogP contribution in [0.5, 0.6) is 0 Å². The van der Waals surface area contributed by atoms with Crippen LogP contribution in [0.3, 0.4) is 0 Å². The van der Waals surface area contributed by atoms with E-state index in [0.717, 1.165) is 22.2 Å². The van der Waals surface area contributed by atoms with E-state index in [9.17, 15) is 13.5 Å². The topological polar surface area (TPSA) is 88.3 Å². The van der Waals surface area contributed by atoms with Gasteiger partial charge in [-0.2, -0.15) is 0 Å². The molecule has 3 aromatic carbocycles. The summed E-state index contributed by atoms with van der Waals surface area (Å²) in [7, 11) is -3.88. The minimum atomic E-state index is -3.88. The van der Waals surface area contributed by atoms with Crippen LogP contribution < -0.4 is 4.31 Å². The first-order valence-corrected chi connectivity index (χ1v) is 11.4. The summed E-state index contributed by atoms with van der Waals surface area (Å²) in [6.07, 6.45) is -0.995. The van der Waals surface area contributed by atoms with Crippen molar-refractivity contribution in [3.8, 4) is 0 Å². The van der Waals surface area contributed by atoms with Gasteiger partial charge in [-0.1, -0.05) is 47.2 Å². The maximum atomic E-state index is 13.5. The summed E-state index contributed by atoms with van der Waals surface area (Å²) < 4.78 is 29.8. The van der Waals surface area contributed by atoms with Crippen molar-refractivity contribution < 1.29 is 13.5 Å². The number of para-hydroxylation sites is 1. The van der Waals surface area contributed by atoms with Gasteiger partial charge in [0.25, 0.3) is 10.0 Å². The van der Waals surface area contributed by atoms with E-state index in [1.807, 2.05) is 44.2 Å². The molecular weight excluding hydrogens is 412 g/mol. The predicted octanol–water partition coefficient (Wildman–Crippen LogP) is 3.30. The average molecular weight is 437 g/mol. The SMILES string of the molecule is Cc1ccc(S(=O)(=O)N(CC(O)Cn2nnc3ccccc32)c2cccc(C)c2)cc1. The van der Waals surface area contributed by atoms with Gasteiger partial charge in [0.1, 0.15) is 5.52 Å². The Morgan fingerprint density at radius 2 is 1.71 bits per heavy atom. The third-order valence-corrected chi connectivity index (χ3v) is 6.89. The number of sulfonamides is 1. The normalized spacial score (nSPS) is 12.7. The molecule has 0 aliphatic rings. The van der Waals surface area contributed by atoms with Crippen molar-refractivity contribution in [2.24, 2.45) is 0 Å². The van der Waals surface area contributed by atoms with E-state index in [0.29, 0.717) is 5.69 Å². The highest BCUT2D eigenvalue weighted by atomic mass is 32.2. The molecule has 0 aliphatic heterocycles. The van der Waals surface area contributed by atoms with Crippen LogP contribution in [0.1, 0.15) is 11.1 Å². The minimum Gasteiger partial charge on any atom is -0.389 e. The second kappa shape index (κ2) is 8.49. The lowest BCUT2D eigenvalue weighted by atomic mass is 10.2. The molecule has 0 aliphatic carbocycles. The van der Waals surface area contributed by atoms with E-state index in [1.165, 1.54) is 4.31 Å². The van der Waals surface area contributed by atoms with Gasteiger partial charge in [0, 0.05) is 0 Å². The van der Waals surface area contributed by atoms with Crippen molar-refractivity contribution in [2.75, 3.05) is 10.8 Å². The van der Waals surface area contributed by atoms with Crippen molar-refractivity contribution in [2.45, 2.75) is 31.4 Å². The number of aryl methyl sites for hydroxylation is 2. The summed E-state index contributed by atoms with van der Waals surface area (Å²) in [5, 5.41) is 19.0. The number of fused-ring (bicyclic) bond motifs is 1. The Labute approximate surface area is 181 Å². The third kappa shape index (κ3) is 4.45. The Morgan fingerprint density at radius 3 is 2.45 bits per heavy atom. The lowest BCUT2D eigenvalue weighted by molar-refractivity contribution is 0.159. The van der Waals surface area contributed by atoms with Crippen molar-refractivity contribution in [3.63, 3.8) is 0 Å². The van der Waals surface area contributed by atoms with E-state index in [2.05, 4.69) is 10.3 Å². The molecule has 31 heavy (non-hydrogen) atoms. The van der Waals surface area contributed by atoms with Gasteiger partial charge in [0.15, 0.2) is 0 Å². The third-order valence-electron chi connectivity index (χ3n) is 5.08. The molecule has 4 aromatic rings. The van der Waals surface area contributed by atoms with Gasteiger partial charge < -0.3 is 5.11 Å². The monoisotopic (exact) mass is 436 g/mol. The van der Waals surface area contributed by atoms with E-state index < -0.39 is 16.1 Å². The van der Waals surface area contributed by atoms with Crippen molar-refractivity contribution in [1.29, 1.82) is 0 Å². The van der Waals surface area contributed by atoms with E-state index in [4.69, 9.17) is 0 Å². The van der Waals surface area contributed by atoms with Crippen LogP contribution in [0.15, 0.2) is 77.7 Å². The summed E-state index contributed by atoms with van der Waals surface area (Å²) in [6, 6.07) is 21.4. The Balaban J connectivity index is 1.66. The van der Waals surface area contributed by atoms with Gasteiger partial charge in [-0.15, -0.1) is 5.10 Å². The molecule has 1 unspecified atom stereocenters. The van der Waals surface area contributed by atoms with E-state index in [1.54, 1.807) is 47.1 Å². The lowest BCUT2D eigenvalue weighted by Gasteiger charge is -2.27. The zero-order valence-electron chi connectivity index (χ0n) is 17.4. The number of aliphatic hydroxyl groups is 1. The fourth-order valence-electron chi connectivity index (χ4n) is 3.46. The quantitative estimate of drug-likeness (QED) is 0.480. The van der Waals surface area contributed by atoms with Crippen LogP contribution in [0, 0.1) is 13.8 Å². The molecular formula is C23H24N4O3S. The maximum Gasteiger partial charge on any atom is 0.264 e. The van der Waals surface area contributed by atoms with E-state index in [-0.39, 0.29) is 18.0 Å². The molecule has 7 nitrogen and oxygen atoms in total. The van der Waals surface area contributed by atoms with E-state index >= 15 is 0 Å². The van der Waals surface area contributed by atoms with Gasteiger partial charge in [0.2, 0.25) is 0 Å². The summed E-state index contributed by atoms with van der Waals surface area (Å²) in [5.74, 6) is 0. The second-order valence-corrected chi connectivity index (χ2v) is 9.46. The number of hydrogen-bond acceptors (Lipinski definition) is 5. The second-order valence-electron chi connectivity index (χ2n) is 7.60. The molecule has 0 saturated heterocycles. The standard InChI is InChI=1S/C23H24N4O3S/c1-17-10-12-21(13-11-17)31(29,30)27(19-7-5-6-18(2)14-19)16-20(28)15-26-23-9-4-3-8-22(23)24-25-26/h3-14,20,28H,15-16H2,1-2H3. The Hall–Kier alpha value is -3.23. The fourth-order valence-corrected chi connectivity index (χ4v) is 4.96. The molecule has 0 saturated carbocycles. The summed E-state index contributed by atoms with van der Waals surface area (Å²) in [6.45, 7) is 3.80. The maximum absolute atomic E-state index is 13.5. The Bertz CT molecular complexity index is 1300. The van der Waals surface area contributed by atoms with Crippen molar-refractivity contribution in [1.82, 2.24) is 15.0 Å². The average Bonchev–Trinajstić information content (AvgIpc) is 3.15. The van der Waals surface area contributed by atoms with Crippen LogP contribution >= 0.6 is 0 Å². The fraction of sp³-hybridized carbons (Fsp3) is 0.217. The molecule has 1 aromatic heterocycles. The molecule has 0 spiro atoms. The first-order valence-electron chi connectivity index (χ1n) is 9.97. The molecule has 160 valence electrons. The summed E-state index contributed by atoms with van der Waals surface area (Å²) in [5.41, 5.74) is 3.91. The van der Waals surface area contributed by atoms with Crippen LogP contribution in [-0.4, -0.2) is 41.2 Å². The molecule has 1 heterocycles. The molecule has 8 heteroatoms. The van der Waals surface area contributed by atoms with Crippen molar-refractivity contribution in [3.05, 3.63) is 83.9 Å². The number of aliphatic hydroxyl groups excluding tert-OH is 1. The van der Waals surface area contributed by atoms with Gasteiger partial charge in [0.05, 0.1) is 35.3 Å². The molecule has 0 amide bonds. The number of anilines is 1. The first kappa shape index (κ1) is 21.0. The molecule has 0 fully saturated rings. The van der Waals surface area contributed by atoms with Gasteiger partial charge >= 0.3 is 0 Å². The van der Waals surface area contributed by atoms with Crippen LogP contribution in [-0.2, 0) is 16.6 Å². The molecule has 1 atom stereocenters. The number of aromatic nitrogens is 3. The van der Waals surface area contributed by atoms with Gasteiger partial charge in [-0.3, -0.25) is 4.31 Å². The Morgan fingerprint density at radius 1 is 0.968 bits per heavy atom. The highest BCUT2D eigenvalue weighted by Gasteiger charge is 2.27.